The molecule has 5 heteroatoms. The van der Waals surface area contributed by atoms with Gasteiger partial charge >= 0.3 is 0 Å². The summed E-state index contributed by atoms with van der Waals surface area (Å²) in [6, 6.07) is 1.76. The Morgan fingerprint density at radius 1 is 1.05 bits per heavy atom. The van der Waals surface area contributed by atoms with Crippen LogP contribution in [0.5, 0.6) is 0 Å². The van der Waals surface area contributed by atoms with E-state index in [0.29, 0.717) is 17.6 Å². The summed E-state index contributed by atoms with van der Waals surface area (Å²) in [6.45, 7) is 3.56. The average Bonchev–Trinajstić information content (AvgIpc) is 2.45. The van der Waals surface area contributed by atoms with Crippen molar-refractivity contribution in [1.29, 1.82) is 0 Å². The molecule has 0 unspecified atom stereocenters. The van der Waals surface area contributed by atoms with Crippen molar-refractivity contribution in [3.8, 4) is 0 Å². The first-order chi connectivity index (χ1) is 10.3. The van der Waals surface area contributed by atoms with Gasteiger partial charge in [-0.05, 0) is 6.42 Å². The Labute approximate surface area is 133 Å². The molecule has 1 aromatic rings. The molecule has 120 valence electrons. The van der Waals surface area contributed by atoms with Gasteiger partial charge in [-0.15, -0.1) is 0 Å². The molecule has 4 nitrogen and oxygen atoms in total. The summed E-state index contributed by atoms with van der Waals surface area (Å²) < 4.78 is 5.02. The van der Waals surface area contributed by atoms with Crippen LogP contribution in [0.3, 0.4) is 0 Å². The van der Waals surface area contributed by atoms with Crippen molar-refractivity contribution in [2.75, 3.05) is 19.0 Å². The smallest absolute Gasteiger partial charge is 0.158 e. The first-order valence-electron chi connectivity index (χ1n) is 8.02. The zero-order valence-electron chi connectivity index (χ0n) is 13.3. The van der Waals surface area contributed by atoms with Crippen molar-refractivity contribution in [2.45, 2.75) is 64.9 Å². The second kappa shape index (κ2) is 11.8. The molecule has 0 aromatic carbocycles. The van der Waals surface area contributed by atoms with Crippen molar-refractivity contribution in [1.82, 2.24) is 9.97 Å². The van der Waals surface area contributed by atoms with E-state index in [-0.39, 0.29) is 0 Å². The molecule has 0 aliphatic heterocycles. The number of aromatic nitrogens is 2. The number of ether oxygens (including phenoxy) is 1. The molecule has 0 aliphatic rings. The van der Waals surface area contributed by atoms with E-state index >= 15 is 0 Å². The number of rotatable bonds is 12. The van der Waals surface area contributed by atoms with Crippen molar-refractivity contribution in [3.63, 3.8) is 0 Å². The van der Waals surface area contributed by atoms with Gasteiger partial charge in [0.1, 0.15) is 17.6 Å². The molecule has 0 saturated carbocycles. The van der Waals surface area contributed by atoms with Crippen molar-refractivity contribution in [2.24, 2.45) is 0 Å². The maximum atomic E-state index is 5.96. The SMILES string of the molecule is CCCCCCCCCCNc1cc(Cl)nc(COC)n1. The molecular formula is C16H28ClN3O. The van der Waals surface area contributed by atoms with E-state index in [2.05, 4.69) is 22.2 Å². The van der Waals surface area contributed by atoms with E-state index in [9.17, 15) is 0 Å². The molecule has 0 radical (unpaired) electrons. The van der Waals surface area contributed by atoms with Crippen LogP contribution in [-0.4, -0.2) is 23.6 Å². The highest BCUT2D eigenvalue weighted by molar-refractivity contribution is 6.29. The van der Waals surface area contributed by atoms with Gasteiger partial charge in [0.2, 0.25) is 0 Å². The number of halogens is 1. The monoisotopic (exact) mass is 313 g/mol. The van der Waals surface area contributed by atoms with Crippen molar-refractivity contribution < 1.29 is 4.74 Å². The lowest BCUT2D eigenvalue weighted by molar-refractivity contribution is 0.178. The summed E-state index contributed by atoms with van der Waals surface area (Å²) in [4.78, 5) is 8.47. The lowest BCUT2D eigenvalue weighted by Crippen LogP contribution is -2.06. The van der Waals surface area contributed by atoms with Gasteiger partial charge in [-0.3, -0.25) is 0 Å². The molecule has 1 heterocycles. The first-order valence-corrected chi connectivity index (χ1v) is 8.40. The van der Waals surface area contributed by atoms with Crippen LogP contribution in [0.1, 0.15) is 64.1 Å². The zero-order valence-corrected chi connectivity index (χ0v) is 14.1. The number of hydrogen-bond acceptors (Lipinski definition) is 4. The Kier molecular flexibility index (Phi) is 10.2. The largest absolute Gasteiger partial charge is 0.377 e. The van der Waals surface area contributed by atoms with Gasteiger partial charge in [0.15, 0.2) is 5.82 Å². The third-order valence-corrected chi connectivity index (χ3v) is 3.54. The minimum Gasteiger partial charge on any atom is -0.377 e. The lowest BCUT2D eigenvalue weighted by atomic mass is 10.1. The molecule has 1 aromatic heterocycles. The first kappa shape index (κ1) is 18.2. The van der Waals surface area contributed by atoms with Crippen molar-refractivity contribution >= 4 is 17.4 Å². The third kappa shape index (κ3) is 8.89. The standard InChI is InChI=1S/C16H28ClN3O/c1-3-4-5-6-7-8-9-10-11-18-15-12-14(17)19-16(20-15)13-21-2/h12H,3-11,13H2,1-2H3,(H,18,19,20). The minimum atomic E-state index is 0.382. The molecule has 1 N–H and O–H groups in total. The number of hydrogen-bond donors (Lipinski definition) is 1. The molecule has 0 saturated heterocycles. The van der Waals surface area contributed by atoms with Gasteiger partial charge in [0, 0.05) is 19.7 Å². The topological polar surface area (TPSA) is 47.0 Å². The second-order valence-electron chi connectivity index (χ2n) is 5.33. The van der Waals surface area contributed by atoms with E-state index in [4.69, 9.17) is 16.3 Å². The summed E-state index contributed by atoms with van der Waals surface area (Å²) in [7, 11) is 1.62. The Hall–Kier alpha value is -0.870. The van der Waals surface area contributed by atoms with E-state index in [1.54, 1.807) is 13.2 Å². The number of nitrogens with one attached hydrogen (secondary N) is 1. The summed E-state index contributed by atoms with van der Waals surface area (Å²) in [5, 5.41) is 3.76. The third-order valence-electron chi connectivity index (χ3n) is 3.35. The highest BCUT2D eigenvalue weighted by Gasteiger charge is 2.02. The number of nitrogens with zero attached hydrogens (tertiary/aromatic N) is 2. The fourth-order valence-electron chi connectivity index (χ4n) is 2.22. The number of methoxy groups -OCH3 is 1. The molecule has 0 atom stereocenters. The Morgan fingerprint density at radius 2 is 1.71 bits per heavy atom. The molecule has 0 spiro atoms. The van der Waals surface area contributed by atoms with Crippen LogP contribution in [0.2, 0.25) is 5.15 Å². The van der Waals surface area contributed by atoms with E-state index in [1.807, 2.05) is 0 Å². The van der Waals surface area contributed by atoms with Crippen LogP contribution < -0.4 is 5.32 Å². The Balaban J connectivity index is 2.12. The van der Waals surface area contributed by atoms with Crippen LogP contribution in [0.15, 0.2) is 6.07 Å². The molecule has 0 bridgehead atoms. The summed E-state index contributed by atoms with van der Waals surface area (Å²) in [5.74, 6) is 1.40. The number of unbranched alkanes of at least 4 members (excludes halogenated alkanes) is 7. The maximum Gasteiger partial charge on any atom is 0.158 e. The average molecular weight is 314 g/mol. The molecule has 0 amide bonds. The quantitative estimate of drug-likeness (QED) is 0.443. The van der Waals surface area contributed by atoms with E-state index < -0.39 is 0 Å². The van der Waals surface area contributed by atoms with Gasteiger partial charge in [-0.2, -0.15) is 0 Å². The van der Waals surface area contributed by atoms with Gasteiger partial charge in [-0.25, -0.2) is 9.97 Å². The lowest BCUT2D eigenvalue weighted by Gasteiger charge is -2.07. The summed E-state index contributed by atoms with van der Waals surface area (Å²) >= 11 is 5.96. The second-order valence-corrected chi connectivity index (χ2v) is 5.71. The predicted octanol–water partition coefficient (Wildman–Crippen LogP) is 4.83. The van der Waals surface area contributed by atoms with E-state index in [0.717, 1.165) is 18.8 Å². The van der Waals surface area contributed by atoms with Crippen molar-refractivity contribution in [3.05, 3.63) is 17.0 Å². The predicted molar refractivity (Wildman–Crippen MR) is 88.9 cm³/mol. The molecule has 0 aliphatic carbocycles. The van der Waals surface area contributed by atoms with Crippen LogP contribution >= 0.6 is 11.6 Å². The van der Waals surface area contributed by atoms with Crippen LogP contribution in [0.4, 0.5) is 5.82 Å². The van der Waals surface area contributed by atoms with E-state index in [1.165, 1.54) is 44.9 Å². The van der Waals surface area contributed by atoms with Gasteiger partial charge in [0.25, 0.3) is 0 Å². The van der Waals surface area contributed by atoms with Gasteiger partial charge in [-0.1, -0.05) is 63.5 Å². The summed E-state index contributed by atoms with van der Waals surface area (Å²) in [6.07, 6.45) is 10.6. The fourth-order valence-corrected chi connectivity index (χ4v) is 2.43. The summed E-state index contributed by atoms with van der Waals surface area (Å²) in [5.41, 5.74) is 0. The van der Waals surface area contributed by atoms with Gasteiger partial charge in [0.05, 0.1) is 0 Å². The normalized spacial score (nSPS) is 10.8. The number of anilines is 1. The minimum absolute atomic E-state index is 0.382. The van der Waals surface area contributed by atoms with Crippen LogP contribution in [-0.2, 0) is 11.3 Å². The maximum absolute atomic E-state index is 5.96. The molecule has 0 fully saturated rings. The van der Waals surface area contributed by atoms with Crippen LogP contribution in [0.25, 0.3) is 0 Å². The Morgan fingerprint density at radius 3 is 2.38 bits per heavy atom. The molecule has 21 heavy (non-hydrogen) atoms. The Bertz CT molecular complexity index is 388. The zero-order chi connectivity index (χ0) is 15.3. The van der Waals surface area contributed by atoms with Crippen LogP contribution in [0, 0.1) is 0 Å². The van der Waals surface area contributed by atoms with Gasteiger partial charge < -0.3 is 10.1 Å². The molecule has 1 rings (SSSR count). The highest BCUT2D eigenvalue weighted by atomic mass is 35.5. The highest BCUT2D eigenvalue weighted by Crippen LogP contribution is 2.13. The molecular weight excluding hydrogens is 286 g/mol. The fraction of sp³-hybridized carbons (Fsp3) is 0.750.